The zero-order valence-corrected chi connectivity index (χ0v) is 18.9. The minimum Gasteiger partial charge on any atom is -0.376 e. The maximum atomic E-state index is 13.3. The van der Waals surface area contributed by atoms with Crippen molar-refractivity contribution < 1.29 is 13.2 Å². The first kappa shape index (κ1) is 21.5. The van der Waals surface area contributed by atoms with Gasteiger partial charge in [-0.1, -0.05) is 45.0 Å². The van der Waals surface area contributed by atoms with Gasteiger partial charge in [0.05, 0.1) is 24.4 Å². The minimum absolute atomic E-state index is 0.0150. The van der Waals surface area contributed by atoms with Crippen molar-refractivity contribution in [2.24, 2.45) is 0 Å². The topological polar surface area (TPSA) is 86.1 Å². The van der Waals surface area contributed by atoms with Gasteiger partial charge in [-0.2, -0.15) is 0 Å². The number of hydrogen-bond donors (Lipinski definition) is 1. The van der Waals surface area contributed by atoms with Crippen LogP contribution in [0.2, 0.25) is 0 Å². The number of nitrogens with one attached hydrogen (secondary N) is 1. The summed E-state index contributed by atoms with van der Waals surface area (Å²) < 4.78 is 34.2. The van der Waals surface area contributed by atoms with Crippen molar-refractivity contribution >= 4 is 9.84 Å². The van der Waals surface area contributed by atoms with E-state index in [1.165, 1.54) is 5.56 Å². The molecule has 1 aromatic carbocycles. The predicted molar refractivity (Wildman–Crippen MR) is 115 cm³/mol. The fraction of sp³-hybridized carbons (Fsp3) is 0.636. The van der Waals surface area contributed by atoms with Crippen LogP contribution in [0.3, 0.4) is 0 Å². The van der Waals surface area contributed by atoms with Crippen LogP contribution >= 0.6 is 0 Å². The van der Waals surface area contributed by atoms with E-state index in [9.17, 15) is 8.42 Å². The summed E-state index contributed by atoms with van der Waals surface area (Å²) in [6.45, 7) is 8.56. The zero-order valence-electron chi connectivity index (χ0n) is 18.1. The molecule has 30 heavy (non-hydrogen) atoms. The van der Waals surface area contributed by atoms with Crippen molar-refractivity contribution in [2.75, 3.05) is 13.2 Å². The Morgan fingerprint density at radius 2 is 1.90 bits per heavy atom. The second-order valence-corrected chi connectivity index (χ2v) is 11.3. The largest absolute Gasteiger partial charge is 0.376 e. The van der Waals surface area contributed by atoms with Crippen LogP contribution in [0.4, 0.5) is 0 Å². The third-order valence-electron chi connectivity index (χ3n) is 5.98. The van der Waals surface area contributed by atoms with E-state index in [-0.39, 0.29) is 28.5 Å². The summed E-state index contributed by atoms with van der Waals surface area (Å²) in [6, 6.07) is 7.87. The number of rotatable bonds is 6. The van der Waals surface area contributed by atoms with E-state index >= 15 is 0 Å². The molecular weight excluding hydrogens is 400 g/mol. The second kappa shape index (κ2) is 8.40. The number of sulfone groups is 1. The highest BCUT2D eigenvalue weighted by Gasteiger charge is 2.31. The molecule has 1 aromatic heterocycles. The van der Waals surface area contributed by atoms with Crippen molar-refractivity contribution in [1.29, 1.82) is 0 Å². The molecule has 8 heteroatoms. The number of aromatic nitrogens is 3. The lowest BCUT2D eigenvalue weighted by molar-refractivity contribution is 0.0936. The molecule has 0 bridgehead atoms. The Labute approximate surface area is 179 Å². The van der Waals surface area contributed by atoms with Gasteiger partial charge in [0.25, 0.3) is 0 Å². The van der Waals surface area contributed by atoms with Crippen LogP contribution in [0.15, 0.2) is 29.4 Å². The average molecular weight is 433 g/mol. The van der Waals surface area contributed by atoms with E-state index < -0.39 is 9.84 Å². The van der Waals surface area contributed by atoms with Crippen LogP contribution in [-0.4, -0.2) is 42.4 Å². The number of benzene rings is 1. The fourth-order valence-corrected chi connectivity index (χ4v) is 5.67. The van der Waals surface area contributed by atoms with Crippen LogP contribution in [0.1, 0.15) is 69.4 Å². The summed E-state index contributed by atoms with van der Waals surface area (Å²) in [5.41, 5.74) is 1.97. The van der Waals surface area contributed by atoms with Gasteiger partial charge in [-0.15, -0.1) is 10.2 Å². The Morgan fingerprint density at radius 1 is 1.13 bits per heavy atom. The highest BCUT2D eigenvalue weighted by molar-refractivity contribution is 7.90. The molecule has 0 spiro atoms. The van der Waals surface area contributed by atoms with Gasteiger partial charge in [-0.3, -0.25) is 4.57 Å². The summed E-state index contributed by atoms with van der Waals surface area (Å²) in [5.74, 6) is 0.628. The molecule has 1 N–H and O–H groups in total. The highest BCUT2D eigenvalue weighted by Crippen LogP contribution is 2.28. The lowest BCUT2D eigenvalue weighted by Crippen LogP contribution is -2.25. The van der Waals surface area contributed by atoms with Gasteiger partial charge in [-0.25, -0.2) is 8.42 Å². The van der Waals surface area contributed by atoms with Gasteiger partial charge >= 0.3 is 0 Å². The minimum atomic E-state index is -3.64. The molecule has 2 fully saturated rings. The van der Waals surface area contributed by atoms with Crippen molar-refractivity contribution in [3.63, 3.8) is 0 Å². The van der Waals surface area contributed by atoms with Crippen LogP contribution in [0.5, 0.6) is 0 Å². The molecule has 2 aromatic rings. The smallest absolute Gasteiger partial charge is 0.250 e. The predicted octanol–water partition coefficient (Wildman–Crippen LogP) is 3.15. The number of ether oxygens (including phenoxy) is 1. The third-order valence-corrected chi connectivity index (χ3v) is 7.55. The van der Waals surface area contributed by atoms with Gasteiger partial charge in [0.1, 0.15) is 0 Å². The van der Waals surface area contributed by atoms with Crippen LogP contribution in [-0.2, 0) is 32.3 Å². The first-order chi connectivity index (χ1) is 14.2. The molecule has 0 aliphatic carbocycles. The summed E-state index contributed by atoms with van der Waals surface area (Å²) in [4.78, 5) is 0. The molecule has 7 nitrogen and oxygen atoms in total. The van der Waals surface area contributed by atoms with Crippen LogP contribution in [0.25, 0.3) is 0 Å². The molecule has 0 saturated carbocycles. The third kappa shape index (κ3) is 4.60. The zero-order chi connectivity index (χ0) is 21.4. The van der Waals surface area contributed by atoms with Crippen molar-refractivity contribution in [1.82, 2.24) is 20.1 Å². The monoisotopic (exact) mass is 432 g/mol. The average Bonchev–Trinajstić information content (AvgIpc) is 3.43. The molecule has 0 radical (unpaired) electrons. The molecule has 2 unspecified atom stereocenters. The van der Waals surface area contributed by atoms with Crippen LogP contribution < -0.4 is 5.32 Å². The molecule has 4 rings (SSSR count). The van der Waals surface area contributed by atoms with Crippen molar-refractivity contribution in [3.05, 3.63) is 41.2 Å². The van der Waals surface area contributed by atoms with Gasteiger partial charge in [-0.05, 0) is 48.8 Å². The van der Waals surface area contributed by atoms with Gasteiger partial charge in [0.2, 0.25) is 15.0 Å². The van der Waals surface area contributed by atoms with Crippen molar-refractivity contribution in [3.8, 4) is 0 Å². The summed E-state index contributed by atoms with van der Waals surface area (Å²) in [5, 5.41) is 11.9. The highest BCUT2D eigenvalue weighted by atomic mass is 32.2. The number of nitrogens with zero attached hydrogens (tertiary/aromatic N) is 3. The molecule has 0 amide bonds. The van der Waals surface area contributed by atoms with Crippen molar-refractivity contribution in [2.45, 2.75) is 81.5 Å². The lowest BCUT2D eigenvalue weighted by atomic mass is 9.87. The van der Waals surface area contributed by atoms with Crippen LogP contribution in [0, 0.1) is 0 Å². The van der Waals surface area contributed by atoms with E-state index in [4.69, 9.17) is 4.74 Å². The Morgan fingerprint density at radius 3 is 2.50 bits per heavy atom. The molecule has 2 atom stereocenters. The second-order valence-electron chi connectivity index (χ2n) is 9.44. The maximum absolute atomic E-state index is 13.3. The molecular formula is C22H32N4O3S. The Kier molecular flexibility index (Phi) is 6.01. The van der Waals surface area contributed by atoms with E-state index in [0.717, 1.165) is 44.4 Å². The van der Waals surface area contributed by atoms with Gasteiger partial charge in [0.15, 0.2) is 5.82 Å². The molecule has 2 aliphatic heterocycles. The summed E-state index contributed by atoms with van der Waals surface area (Å²) in [7, 11) is -3.64. The first-order valence-electron chi connectivity index (χ1n) is 10.8. The Hall–Kier alpha value is -1.77. The number of hydrogen-bond acceptors (Lipinski definition) is 6. The van der Waals surface area contributed by atoms with Gasteiger partial charge < -0.3 is 10.1 Å². The summed E-state index contributed by atoms with van der Waals surface area (Å²) >= 11 is 0. The molecule has 164 valence electrons. The Bertz CT molecular complexity index is 965. The van der Waals surface area contributed by atoms with E-state index in [1.807, 2.05) is 24.3 Å². The van der Waals surface area contributed by atoms with Gasteiger partial charge in [0, 0.05) is 6.61 Å². The van der Waals surface area contributed by atoms with E-state index in [1.54, 1.807) is 4.57 Å². The normalized spacial score (nSPS) is 22.6. The summed E-state index contributed by atoms with van der Waals surface area (Å²) in [6.07, 6.45) is 3.95. The Balaban J connectivity index is 1.62. The lowest BCUT2D eigenvalue weighted by Gasteiger charge is -2.19. The SMILES string of the molecule is CC(C)(C)c1ccc(CS(=O)(=O)c2nnc(C3CCCN3)n2CC2CCCO2)cc1. The molecule has 3 heterocycles. The standard InChI is InChI=1S/C22H32N4O3S/c1-22(2,3)17-10-8-16(9-11-17)15-30(27,28)21-25-24-20(19-7-4-12-23-19)26(21)14-18-6-5-13-29-18/h8-11,18-19,23H,4-7,12-15H2,1-3H3. The quantitative estimate of drug-likeness (QED) is 0.755. The van der Waals surface area contributed by atoms with E-state index in [0.29, 0.717) is 12.4 Å². The van der Waals surface area contributed by atoms with E-state index in [2.05, 4.69) is 36.3 Å². The maximum Gasteiger partial charge on any atom is 0.250 e. The first-order valence-corrected chi connectivity index (χ1v) is 12.5. The molecule has 2 saturated heterocycles. The molecule has 2 aliphatic rings. The fourth-order valence-electron chi connectivity index (χ4n) is 4.24.